The summed E-state index contributed by atoms with van der Waals surface area (Å²) in [5.41, 5.74) is 1.88. The van der Waals surface area contributed by atoms with Gasteiger partial charge in [0, 0.05) is 12.1 Å². The number of halogens is 1. The molecule has 1 heterocycles. The third-order valence-electron chi connectivity index (χ3n) is 5.24. The van der Waals surface area contributed by atoms with Crippen molar-refractivity contribution in [3.05, 3.63) is 94.5 Å². The van der Waals surface area contributed by atoms with Gasteiger partial charge in [-0.2, -0.15) is 0 Å². The molecule has 8 heteroatoms. The Kier molecular flexibility index (Phi) is 6.30. The third-order valence-corrected chi connectivity index (χ3v) is 7.38. The van der Waals surface area contributed by atoms with E-state index in [4.69, 9.17) is 16.3 Å². The first-order valence-electron chi connectivity index (χ1n) is 10.0. The molecule has 164 valence electrons. The maximum atomic E-state index is 13.4. The van der Waals surface area contributed by atoms with Crippen LogP contribution in [0.1, 0.15) is 32.7 Å². The van der Waals surface area contributed by atoms with Crippen molar-refractivity contribution in [3.8, 4) is 0 Å². The number of hydrogen-bond acceptors (Lipinski definition) is 5. The number of aryl methyl sites for hydroxylation is 1. The van der Waals surface area contributed by atoms with Gasteiger partial charge in [0.25, 0.3) is 10.0 Å². The maximum absolute atomic E-state index is 13.4. The predicted octanol–water partition coefficient (Wildman–Crippen LogP) is 4.52. The Morgan fingerprint density at radius 3 is 2.47 bits per heavy atom. The lowest BCUT2D eigenvalue weighted by atomic mass is 10.0. The third kappa shape index (κ3) is 4.40. The first-order chi connectivity index (χ1) is 15.4. The molecule has 1 aliphatic heterocycles. The van der Waals surface area contributed by atoms with Crippen LogP contribution >= 0.6 is 11.6 Å². The number of nitrogens with zero attached hydrogens (tertiary/aromatic N) is 1. The van der Waals surface area contributed by atoms with Crippen molar-refractivity contribution in [3.63, 3.8) is 0 Å². The lowest BCUT2D eigenvalue weighted by Gasteiger charge is -2.30. The highest BCUT2D eigenvalue weighted by molar-refractivity contribution is 7.92. The minimum absolute atomic E-state index is 0.0418. The fourth-order valence-corrected chi connectivity index (χ4v) is 5.38. The van der Waals surface area contributed by atoms with Gasteiger partial charge < -0.3 is 4.74 Å². The van der Waals surface area contributed by atoms with Gasteiger partial charge >= 0.3 is 5.97 Å². The molecule has 0 spiro atoms. The summed E-state index contributed by atoms with van der Waals surface area (Å²) in [5.74, 6) is -1.24. The van der Waals surface area contributed by atoms with Gasteiger partial charge in [-0.25, -0.2) is 13.2 Å². The second-order valence-electron chi connectivity index (χ2n) is 7.32. The van der Waals surface area contributed by atoms with Crippen LogP contribution in [-0.2, 0) is 21.2 Å². The minimum atomic E-state index is -3.92. The summed E-state index contributed by atoms with van der Waals surface area (Å²) in [5, 5.41) is 0.0418. The molecular formula is C24H20ClNO5S. The van der Waals surface area contributed by atoms with Crippen LogP contribution in [0.5, 0.6) is 0 Å². The van der Waals surface area contributed by atoms with E-state index in [1.165, 1.54) is 22.5 Å². The summed E-state index contributed by atoms with van der Waals surface area (Å²) in [4.78, 5) is 24.7. The average molecular weight is 470 g/mol. The highest BCUT2D eigenvalue weighted by Gasteiger charge is 2.30. The first-order valence-corrected chi connectivity index (χ1v) is 11.9. The molecule has 4 rings (SSSR count). The Morgan fingerprint density at radius 1 is 0.969 bits per heavy atom. The molecule has 1 aliphatic rings. The van der Waals surface area contributed by atoms with Crippen molar-refractivity contribution < 1.29 is 22.7 Å². The van der Waals surface area contributed by atoms with Crippen LogP contribution in [-0.4, -0.2) is 33.3 Å². The second kappa shape index (κ2) is 9.14. The molecular weight excluding hydrogens is 450 g/mol. The predicted molar refractivity (Wildman–Crippen MR) is 122 cm³/mol. The van der Waals surface area contributed by atoms with E-state index in [-0.39, 0.29) is 21.3 Å². The number of carbonyl (C=O) groups excluding carboxylic acids is 2. The molecule has 0 bridgehead atoms. The van der Waals surface area contributed by atoms with Gasteiger partial charge in [-0.05, 0) is 42.7 Å². The molecule has 0 saturated carbocycles. The van der Waals surface area contributed by atoms with Crippen molar-refractivity contribution in [1.29, 1.82) is 0 Å². The smallest absolute Gasteiger partial charge is 0.340 e. The number of sulfonamides is 1. The van der Waals surface area contributed by atoms with Crippen molar-refractivity contribution in [2.45, 2.75) is 17.7 Å². The molecule has 3 aromatic carbocycles. The maximum Gasteiger partial charge on any atom is 0.340 e. The quantitative estimate of drug-likeness (QED) is 0.391. The minimum Gasteiger partial charge on any atom is -0.454 e. The standard InChI is InChI=1S/C24H20ClNO5S/c25-21-13-12-19(32(29,30)26-14-6-10-17-7-4-5-11-22(17)26)15-20(21)24(28)31-16-23(27)18-8-2-1-3-9-18/h1-5,7-9,11-13,15H,6,10,14,16H2. The van der Waals surface area contributed by atoms with E-state index in [1.807, 2.05) is 12.1 Å². The van der Waals surface area contributed by atoms with Crippen LogP contribution in [0, 0.1) is 0 Å². The van der Waals surface area contributed by atoms with Crippen LogP contribution < -0.4 is 4.31 Å². The average Bonchev–Trinajstić information content (AvgIpc) is 2.82. The van der Waals surface area contributed by atoms with Gasteiger partial charge in [-0.1, -0.05) is 60.1 Å². The Labute approximate surface area is 191 Å². The molecule has 0 aliphatic carbocycles. The Balaban J connectivity index is 1.57. The Hall–Kier alpha value is -3.16. The van der Waals surface area contributed by atoms with Crippen molar-refractivity contribution in [1.82, 2.24) is 0 Å². The van der Waals surface area contributed by atoms with Crippen LogP contribution in [0.4, 0.5) is 5.69 Å². The number of rotatable bonds is 6. The summed E-state index contributed by atoms with van der Waals surface area (Å²) in [7, 11) is -3.92. The SMILES string of the molecule is O=C(COC(=O)c1cc(S(=O)(=O)N2CCCc3ccccc32)ccc1Cl)c1ccccc1. The normalized spacial score (nSPS) is 13.3. The molecule has 0 amide bonds. The van der Waals surface area contributed by atoms with Crippen molar-refractivity contribution in [2.24, 2.45) is 0 Å². The number of ether oxygens (including phenoxy) is 1. The molecule has 0 saturated heterocycles. The Morgan fingerprint density at radius 2 is 1.69 bits per heavy atom. The molecule has 0 aromatic heterocycles. The van der Waals surface area contributed by atoms with Gasteiger partial charge in [-0.15, -0.1) is 0 Å². The van der Waals surface area contributed by atoms with Gasteiger partial charge in [0.05, 0.1) is 21.2 Å². The molecule has 32 heavy (non-hydrogen) atoms. The van der Waals surface area contributed by atoms with E-state index >= 15 is 0 Å². The lowest BCUT2D eigenvalue weighted by Crippen LogP contribution is -2.35. The number of Topliss-reactive ketones (excluding diaryl/α,β-unsaturated/α-hetero) is 1. The highest BCUT2D eigenvalue weighted by atomic mass is 35.5. The molecule has 6 nitrogen and oxygen atoms in total. The second-order valence-corrected chi connectivity index (χ2v) is 9.59. The summed E-state index contributed by atoms with van der Waals surface area (Å²) in [6.07, 6.45) is 1.50. The van der Waals surface area contributed by atoms with Crippen molar-refractivity contribution >= 4 is 39.1 Å². The zero-order chi connectivity index (χ0) is 22.7. The van der Waals surface area contributed by atoms with Gasteiger partial charge in [0.15, 0.2) is 12.4 Å². The van der Waals surface area contributed by atoms with Gasteiger partial charge in [0.2, 0.25) is 0 Å². The highest BCUT2D eigenvalue weighted by Crippen LogP contribution is 2.33. The number of benzene rings is 3. The number of fused-ring (bicyclic) bond motifs is 1. The topological polar surface area (TPSA) is 80.8 Å². The molecule has 0 N–H and O–H groups in total. The van der Waals surface area contributed by atoms with E-state index < -0.39 is 22.6 Å². The van der Waals surface area contributed by atoms with E-state index in [2.05, 4.69) is 0 Å². The summed E-state index contributed by atoms with van der Waals surface area (Å²) in [6, 6.07) is 19.7. The number of ketones is 1. The molecule has 0 radical (unpaired) electrons. The van der Waals surface area contributed by atoms with Crippen LogP contribution in [0.3, 0.4) is 0 Å². The molecule has 0 unspecified atom stereocenters. The summed E-state index contributed by atoms with van der Waals surface area (Å²) in [6.45, 7) is -0.136. The van der Waals surface area contributed by atoms with Crippen molar-refractivity contribution in [2.75, 3.05) is 17.5 Å². The number of esters is 1. The molecule has 0 atom stereocenters. The van der Waals surface area contributed by atoms with Gasteiger partial charge in [-0.3, -0.25) is 9.10 Å². The van der Waals surface area contributed by atoms with E-state index in [9.17, 15) is 18.0 Å². The van der Waals surface area contributed by atoms with Crippen LogP contribution in [0.15, 0.2) is 77.7 Å². The number of para-hydroxylation sites is 1. The first kappa shape index (κ1) is 22.0. The number of carbonyl (C=O) groups is 2. The molecule has 3 aromatic rings. The van der Waals surface area contributed by atoms with E-state index in [0.29, 0.717) is 24.2 Å². The Bertz CT molecular complexity index is 1270. The fourth-order valence-electron chi connectivity index (χ4n) is 3.61. The van der Waals surface area contributed by atoms with Gasteiger partial charge in [0.1, 0.15) is 0 Å². The lowest BCUT2D eigenvalue weighted by molar-refractivity contribution is 0.0474. The fraction of sp³-hybridized carbons (Fsp3) is 0.167. The van der Waals surface area contributed by atoms with E-state index in [0.717, 1.165) is 12.0 Å². The largest absolute Gasteiger partial charge is 0.454 e. The molecule has 0 fully saturated rings. The zero-order valence-corrected chi connectivity index (χ0v) is 18.6. The monoisotopic (exact) mass is 469 g/mol. The van der Waals surface area contributed by atoms with Crippen LogP contribution in [0.25, 0.3) is 0 Å². The van der Waals surface area contributed by atoms with Crippen LogP contribution in [0.2, 0.25) is 5.02 Å². The summed E-state index contributed by atoms with van der Waals surface area (Å²) >= 11 is 6.15. The zero-order valence-electron chi connectivity index (χ0n) is 17.0. The number of anilines is 1. The van der Waals surface area contributed by atoms with E-state index in [1.54, 1.807) is 42.5 Å². The number of hydrogen-bond donors (Lipinski definition) is 0. The summed E-state index contributed by atoms with van der Waals surface area (Å²) < 4.78 is 33.2.